The molecule has 0 unspecified atom stereocenters. The van der Waals surface area contributed by atoms with Gasteiger partial charge in [-0.1, -0.05) is 62.3 Å². The van der Waals surface area contributed by atoms with Gasteiger partial charge in [-0.25, -0.2) is 4.98 Å². The predicted octanol–water partition coefficient (Wildman–Crippen LogP) is 3.29. The number of nitrogens with zero attached hydrogens (tertiary/aromatic N) is 6. The van der Waals surface area contributed by atoms with Gasteiger partial charge in [-0.2, -0.15) is 10.1 Å². The van der Waals surface area contributed by atoms with Crippen LogP contribution in [-0.4, -0.2) is 60.1 Å². The van der Waals surface area contributed by atoms with Crippen molar-refractivity contribution in [1.82, 2.24) is 40.6 Å². The van der Waals surface area contributed by atoms with Crippen LogP contribution >= 0.6 is 11.3 Å². The van der Waals surface area contributed by atoms with Crippen molar-refractivity contribution in [3.8, 4) is 6.01 Å². The third-order valence-corrected chi connectivity index (χ3v) is 5.47. The molecule has 0 fully saturated rings. The monoisotopic (exact) mass is 508 g/mol. The van der Waals surface area contributed by atoms with Gasteiger partial charge in [0.2, 0.25) is 0 Å². The van der Waals surface area contributed by atoms with Crippen LogP contribution in [0, 0.1) is 0 Å². The number of H-pyrrole nitrogens is 2. The van der Waals surface area contributed by atoms with Gasteiger partial charge in [0.1, 0.15) is 28.0 Å². The van der Waals surface area contributed by atoms with E-state index in [1.54, 1.807) is 11.3 Å². The fraction of sp³-hybridized carbons (Fsp3) is 0.636. The first-order valence-electron chi connectivity index (χ1n) is 11.0. The molecule has 0 bridgehead atoms. The van der Waals surface area contributed by atoms with Crippen LogP contribution in [0.1, 0.15) is 84.0 Å². The van der Waals surface area contributed by atoms with Gasteiger partial charge in [-0.05, 0) is 0 Å². The minimum absolute atomic E-state index is 0.0431. The summed E-state index contributed by atoms with van der Waals surface area (Å²) < 4.78 is 9.04. The summed E-state index contributed by atoms with van der Waals surface area (Å²) in [5.41, 5.74) is 0.0232. The quantitative estimate of drug-likeness (QED) is 0.373. The molecule has 0 aliphatic heterocycles. The molecule has 0 aromatic carbocycles. The molecule has 13 heteroatoms. The summed E-state index contributed by atoms with van der Waals surface area (Å²) in [6, 6.07) is 0.0647. The second-order valence-corrected chi connectivity index (χ2v) is 11.5. The minimum atomic E-state index is -0.114. The normalized spacial score (nSPS) is 11.5. The molecule has 2 N–H and O–H groups in total. The number of ether oxygens (including phenoxy) is 2. The first-order chi connectivity index (χ1) is 16.2. The largest absolute Gasteiger partial charge is 0.467 e. The number of carbonyl (C=O) groups excluding carboxylic acids is 2. The summed E-state index contributed by atoms with van der Waals surface area (Å²) in [7, 11) is 0. The zero-order valence-corrected chi connectivity index (χ0v) is 22.7. The number of aromatic nitrogens is 8. The van der Waals surface area contributed by atoms with Gasteiger partial charge in [0.25, 0.3) is 6.47 Å². The third-order valence-electron chi connectivity index (χ3n) is 4.06. The van der Waals surface area contributed by atoms with Gasteiger partial charge >= 0.3 is 12.5 Å². The highest BCUT2D eigenvalue weighted by molar-refractivity contribution is 7.11. The first-order valence-corrected chi connectivity index (χ1v) is 11.8. The number of carbonyl (C=O) groups is 2. The van der Waals surface area contributed by atoms with Crippen molar-refractivity contribution >= 4 is 24.3 Å². The second kappa shape index (κ2) is 13.0. The molecular weight excluding hydrogens is 472 g/mol. The Balaban J connectivity index is 0.000000269. The summed E-state index contributed by atoms with van der Waals surface area (Å²) in [4.78, 5) is 27.8. The molecule has 0 saturated heterocycles. The van der Waals surface area contributed by atoms with Gasteiger partial charge in [0, 0.05) is 22.7 Å². The van der Waals surface area contributed by atoms with Crippen LogP contribution in [0.4, 0.5) is 0 Å². The molecule has 0 aliphatic rings. The van der Waals surface area contributed by atoms with Crippen LogP contribution in [0.15, 0.2) is 6.33 Å². The number of rotatable bonds is 6. The molecule has 3 aromatic rings. The lowest BCUT2D eigenvalue weighted by atomic mass is 9.96. The molecule has 3 aromatic heterocycles. The van der Waals surface area contributed by atoms with Gasteiger partial charge in [0.05, 0.1) is 6.61 Å². The van der Waals surface area contributed by atoms with Crippen molar-refractivity contribution in [2.75, 3.05) is 6.61 Å². The molecule has 0 amide bonds. The molecule has 3 rings (SSSR count). The Labute approximate surface area is 209 Å². The van der Waals surface area contributed by atoms with Crippen molar-refractivity contribution in [2.24, 2.45) is 0 Å². The third kappa shape index (κ3) is 11.2. The highest BCUT2D eigenvalue weighted by atomic mass is 32.1. The van der Waals surface area contributed by atoms with E-state index in [4.69, 9.17) is 0 Å². The summed E-state index contributed by atoms with van der Waals surface area (Å²) in [6.07, 6.45) is 2.17. The molecular formula is C22H36N8O4S. The van der Waals surface area contributed by atoms with Crippen molar-refractivity contribution in [3.05, 3.63) is 28.0 Å². The zero-order chi connectivity index (χ0) is 26.7. The van der Waals surface area contributed by atoms with Gasteiger partial charge in [-0.3, -0.25) is 19.8 Å². The van der Waals surface area contributed by atoms with Crippen LogP contribution in [-0.2, 0) is 37.0 Å². The Hall–Kier alpha value is -3.22. The smallest absolute Gasteiger partial charge is 0.343 e. The Kier molecular flexibility index (Phi) is 11.1. The maximum absolute atomic E-state index is 9.92. The van der Waals surface area contributed by atoms with Crippen LogP contribution in [0.3, 0.4) is 0 Å². The molecule has 12 nitrogen and oxygen atoms in total. The average molecular weight is 509 g/mol. The highest BCUT2D eigenvalue weighted by Crippen LogP contribution is 2.25. The zero-order valence-electron chi connectivity index (χ0n) is 21.9. The molecule has 0 atom stereocenters. The Morgan fingerprint density at radius 1 is 0.886 bits per heavy atom. The van der Waals surface area contributed by atoms with Gasteiger partial charge in [-0.15, -0.1) is 26.6 Å². The fourth-order valence-electron chi connectivity index (χ4n) is 2.10. The van der Waals surface area contributed by atoms with Crippen LogP contribution < -0.4 is 4.74 Å². The summed E-state index contributed by atoms with van der Waals surface area (Å²) in [6.45, 7) is 19.6. The van der Waals surface area contributed by atoms with E-state index < -0.39 is 0 Å². The van der Waals surface area contributed by atoms with E-state index in [-0.39, 0.29) is 22.3 Å². The molecule has 0 saturated carbocycles. The molecule has 194 valence electrons. The summed E-state index contributed by atoms with van der Waals surface area (Å²) in [5, 5.41) is 23.0. The van der Waals surface area contributed by atoms with E-state index >= 15 is 0 Å². The SMILES string of the molecule is CC(C)(C)c1nc(OC=O)n[nH]1.CC(C)(C)c1ncn[nH]1.CC(C)(C)c1nnc(CCOC=O)s1. The van der Waals surface area contributed by atoms with Crippen molar-refractivity contribution < 1.29 is 19.1 Å². The lowest BCUT2D eigenvalue weighted by Crippen LogP contribution is -2.13. The molecule has 0 spiro atoms. The van der Waals surface area contributed by atoms with Crippen molar-refractivity contribution in [1.29, 1.82) is 0 Å². The maximum atomic E-state index is 9.92. The van der Waals surface area contributed by atoms with Crippen LogP contribution in [0.25, 0.3) is 0 Å². The lowest BCUT2D eigenvalue weighted by molar-refractivity contribution is -0.128. The Morgan fingerprint density at radius 3 is 1.94 bits per heavy atom. The average Bonchev–Trinajstić information content (AvgIpc) is 3.49. The number of hydrogen-bond acceptors (Lipinski definition) is 11. The van der Waals surface area contributed by atoms with Crippen LogP contribution in [0.2, 0.25) is 0 Å². The topological polar surface area (TPSA) is 162 Å². The first kappa shape index (κ1) is 29.8. The van der Waals surface area contributed by atoms with E-state index in [9.17, 15) is 9.59 Å². The Bertz CT molecular complexity index is 1010. The van der Waals surface area contributed by atoms with E-state index in [1.165, 1.54) is 6.33 Å². The van der Waals surface area contributed by atoms with E-state index in [1.807, 2.05) is 20.8 Å². The maximum Gasteiger partial charge on any atom is 0.343 e. The minimum Gasteiger partial charge on any atom is -0.467 e. The second-order valence-electron chi connectivity index (χ2n) is 10.5. The van der Waals surface area contributed by atoms with E-state index in [0.29, 0.717) is 31.8 Å². The summed E-state index contributed by atoms with van der Waals surface area (Å²) in [5.74, 6) is 1.63. The standard InChI is InChI=1S/C9H14N2O2S.C7H11N3O2.C6H11N3/c1-9(2,3)8-11-10-7(14-8)4-5-13-6-12;1-7(2,3)5-8-6(10-9-5)12-4-11;1-6(2,3)5-7-4-8-9-5/h6H,4-5H2,1-3H3;4H,1-3H3,(H,8,9,10);4H,1-3H3,(H,7,8,9). The Morgan fingerprint density at radius 2 is 1.54 bits per heavy atom. The van der Waals surface area contributed by atoms with Gasteiger partial charge < -0.3 is 9.47 Å². The molecule has 0 aliphatic carbocycles. The van der Waals surface area contributed by atoms with Crippen molar-refractivity contribution in [2.45, 2.75) is 85.0 Å². The number of nitrogens with one attached hydrogen (secondary N) is 2. The summed E-state index contributed by atoms with van der Waals surface area (Å²) >= 11 is 1.57. The van der Waals surface area contributed by atoms with E-state index in [0.717, 1.165) is 15.8 Å². The highest BCUT2D eigenvalue weighted by Gasteiger charge is 2.20. The van der Waals surface area contributed by atoms with Gasteiger partial charge in [0.15, 0.2) is 0 Å². The molecule has 35 heavy (non-hydrogen) atoms. The fourth-order valence-corrected chi connectivity index (χ4v) is 2.97. The van der Waals surface area contributed by atoms with E-state index in [2.05, 4.69) is 91.6 Å². The molecule has 3 heterocycles. The predicted molar refractivity (Wildman–Crippen MR) is 131 cm³/mol. The number of aromatic amines is 2. The lowest BCUT2D eigenvalue weighted by Gasteiger charge is -2.12. The molecule has 0 radical (unpaired) electrons. The number of hydrogen-bond donors (Lipinski definition) is 2. The van der Waals surface area contributed by atoms with Crippen molar-refractivity contribution in [3.63, 3.8) is 0 Å². The van der Waals surface area contributed by atoms with Crippen LogP contribution in [0.5, 0.6) is 6.01 Å².